The minimum atomic E-state index is 0.348. The molecule has 1 heterocycles. The molecule has 1 unspecified atom stereocenters. The Morgan fingerprint density at radius 2 is 2.10 bits per heavy atom. The van der Waals surface area contributed by atoms with Gasteiger partial charge in [-0.2, -0.15) is 0 Å². The van der Waals surface area contributed by atoms with Crippen LogP contribution in [0.1, 0.15) is 38.7 Å². The maximum atomic E-state index is 5.58. The van der Waals surface area contributed by atoms with Crippen molar-refractivity contribution in [1.82, 2.24) is 10.2 Å². The van der Waals surface area contributed by atoms with Gasteiger partial charge in [-0.3, -0.25) is 4.90 Å². The molecular weight excluding hydrogens is 260 g/mol. The second-order valence-corrected chi connectivity index (χ2v) is 6.29. The van der Waals surface area contributed by atoms with Gasteiger partial charge in [0.25, 0.3) is 0 Å². The summed E-state index contributed by atoms with van der Waals surface area (Å²) in [6, 6.07) is 11.4. The van der Waals surface area contributed by atoms with Crippen LogP contribution in [0.2, 0.25) is 0 Å². The average molecular weight is 290 g/mol. The molecule has 1 fully saturated rings. The van der Waals surface area contributed by atoms with E-state index in [2.05, 4.69) is 54.4 Å². The van der Waals surface area contributed by atoms with Crippen LogP contribution in [0.15, 0.2) is 30.3 Å². The Morgan fingerprint density at radius 3 is 2.86 bits per heavy atom. The van der Waals surface area contributed by atoms with Crippen molar-refractivity contribution in [2.45, 2.75) is 51.8 Å². The summed E-state index contributed by atoms with van der Waals surface area (Å²) < 4.78 is 5.58. The van der Waals surface area contributed by atoms with E-state index in [0.29, 0.717) is 12.1 Å². The Bertz CT molecular complexity index is 380. The third kappa shape index (κ3) is 6.60. The molecule has 1 aromatic carbocycles. The van der Waals surface area contributed by atoms with Crippen molar-refractivity contribution in [3.63, 3.8) is 0 Å². The first-order chi connectivity index (χ1) is 10.2. The van der Waals surface area contributed by atoms with E-state index in [0.717, 1.165) is 26.1 Å². The predicted octanol–water partition coefficient (Wildman–Crippen LogP) is 3.06. The van der Waals surface area contributed by atoms with Crippen molar-refractivity contribution >= 4 is 0 Å². The van der Waals surface area contributed by atoms with Crippen LogP contribution in [-0.4, -0.2) is 43.3 Å². The number of nitrogens with zero attached hydrogens (tertiary/aromatic N) is 1. The first-order valence-electron chi connectivity index (χ1n) is 8.35. The van der Waals surface area contributed by atoms with Crippen molar-refractivity contribution in [3.05, 3.63) is 35.9 Å². The first-order valence-corrected chi connectivity index (χ1v) is 8.35. The normalized spacial score (nSPS) is 20.0. The second kappa shape index (κ2) is 9.19. The number of benzene rings is 1. The molecule has 2 rings (SSSR count). The fourth-order valence-corrected chi connectivity index (χ4v) is 2.90. The van der Waals surface area contributed by atoms with Crippen molar-refractivity contribution in [2.24, 2.45) is 0 Å². The van der Waals surface area contributed by atoms with Gasteiger partial charge >= 0.3 is 0 Å². The summed E-state index contributed by atoms with van der Waals surface area (Å²) in [7, 11) is 0. The van der Waals surface area contributed by atoms with Gasteiger partial charge in [0, 0.05) is 25.7 Å². The number of hydrogen-bond acceptors (Lipinski definition) is 3. The molecular formula is C18H30N2O. The van der Waals surface area contributed by atoms with Gasteiger partial charge in [0.05, 0.1) is 6.10 Å². The molecule has 0 radical (unpaired) electrons. The van der Waals surface area contributed by atoms with Crippen LogP contribution in [0, 0.1) is 0 Å². The van der Waals surface area contributed by atoms with Crippen LogP contribution >= 0.6 is 0 Å². The topological polar surface area (TPSA) is 24.5 Å². The molecule has 1 aliphatic heterocycles. The Morgan fingerprint density at radius 1 is 1.29 bits per heavy atom. The largest absolute Gasteiger partial charge is 0.379 e. The Kier molecular flexibility index (Phi) is 7.20. The molecule has 0 amide bonds. The van der Waals surface area contributed by atoms with Crippen LogP contribution in [0.25, 0.3) is 0 Å². The van der Waals surface area contributed by atoms with Crippen molar-refractivity contribution in [3.8, 4) is 0 Å². The smallest absolute Gasteiger partial charge is 0.0518 e. The van der Waals surface area contributed by atoms with Gasteiger partial charge < -0.3 is 10.1 Å². The van der Waals surface area contributed by atoms with Gasteiger partial charge in [-0.25, -0.2) is 0 Å². The SMILES string of the molecule is CC(C)OCCCNC1CCCN(Cc2ccccc2)C1. The van der Waals surface area contributed by atoms with E-state index in [1.807, 2.05) is 0 Å². The highest BCUT2D eigenvalue weighted by molar-refractivity contribution is 5.14. The first kappa shape index (κ1) is 16.5. The lowest BCUT2D eigenvalue weighted by molar-refractivity contribution is 0.0759. The Labute approximate surface area is 129 Å². The van der Waals surface area contributed by atoms with Crippen molar-refractivity contribution < 1.29 is 4.74 Å². The molecule has 3 heteroatoms. The van der Waals surface area contributed by atoms with Gasteiger partial charge in [0.1, 0.15) is 0 Å². The zero-order valence-corrected chi connectivity index (χ0v) is 13.6. The Hall–Kier alpha value is -0.900. The zero-order valence-electron chi connectivity index (χ0n) is 13.6. The number of rotatable bonds is 8. The van der Waals surface area contributed by atoms with Gasteiger partial charge in [-0.05, 0) is 51.8 Å². The summed E-state index contributed by atoms with van der Waals surface area (Å²) in [4.78, 5) is 2.57. The predicted molar refractivity (Wildman–Crippen MR) is 88.4 cm³/mol. The van der Waals surface area contributed by atoms with E-state index >= 15 is 0 Å². The standard InChI is InChI=1S/C18H30N2O/c1-16(2)21-13-7-11-19-18-10-6-12-20(15-18)14-17-8-4-3-5-9-17/h3-5,8-9,16,18-19H,6-7,10-15H2,1-2H3. The van der Waals surface area contributed by atoms with Crippen molar-refractivity contribution in [2.75, 3.05) is 26.2 Å². The monoisotopic (exact) mass is 290 g/mol. The molecule has 1 saturated heterocycles. The van der Waals surface area contributed by atoms with E-state index in [-0.39, 0.29) is 0 Å². The van der Waals surface area contributed by atoms with Crippen LogP contribution in [0.4, 0.5) is 0 Å². The summed E-state index contributed by atoms with van der Waals surface area (Å²) in [5.41, 5.74) is 1.42. The lowest BCUT2D eigenvalue weighted by Gasteiger charge is -2.33. The summed E-state index contributed by atoms with van der Waals surface area (Å²) in [5.74, 6) is 0. The fraction of sp³-hybridized carbons (Fsp3) is 0.667. The molecule has 0 bridgehead atoms. The number of nitrogens with one attached hydrogen (secondary N) is 1. The summed E-state index contributed by atoms with van der Waals surface area (Å²) in [6.07, 6.45) is 4.05. The number of likely N-dealkylation sites (tertiary alicyclic amines) is 1. The number of ether oxygens (including phenoxy) is 1. The number of piperidine rings is 1. The van der Waals surface area contributed by atoms with Gasteiger partial charge in [-0.1, -0.05) is 30.3 Å². The third-order valence-electron chi connectivity index (χ3n) is 3.96. The maximum Gasteiger partial charge on any atom is 0.0518 e. The van der Waals surface area contributed by atoms with Crippen LogP contribution in [0.5, 0.6) is 0 Å². The minimum Gasteiger partial charge on any atom is -0.379 e. The Balaban J connectivity index is 1.64. The molecule has 1 aromatic rings. The maximum absolute atomic E-state index is 5.58. The molecule has 0 aliphatic carbocycles. The fourth-order valence-electron chi connectivity index (χ4n) is 2.90. The summed E-state index contributed by atoms with van der Waals surface area (Å²) in [6.45, 7) is 9.59. The highest BCUT2D eigenvalue weighted by Crippen LogP contribution is 2.13. The average Bonchev–Trinajstić information content (AvgIpc) is 2.48. The quantitative estimate of drug-likeness (QED) is 0.745. The molecule has 1 atom stereocenters. The van der Waals surface area contributed by atoms with E-state index in [4.69, 9.17) is 4.74 Å². The lowest BCUT2D eigenvalue weighted by Crippen LogP contribution is -2.45. The van der Waals surface area contributed by atoms with Crippen molar-refractivity contribution in [1.29, 1.82) is 0 Å². The van der Waals surface area contributed by atoms with Crippen LogP contribution < -0.4 is 5.32 Å². The molecule has 21 heavy (non-hydrogen) atoms. The van der Waals surface area contributed by atoms with Gasteiger partial charge in [0.2, 0.25) is 0 Å². The molecule has 0 saturated carbocycles. The minimum absolute atomic E-state index is 0.348. The summed E-state index contributed by atoms with van der Waals surface area (Å²) in [5, 5.41) is 3.69. The van der Waals surface area contributed by atoms with E-state index in [9.17, 15) is 0 Å². The van der Waals surface area contributed by atoms with Crippen LogP contribution in [0.3, 0.4) is 0 Å². The van der Waals surface area contributed by atoms with E-state index in [1.54, 1.807) is 0 Å². The highest BCUT2D eigenvalue weighted by atomic mass is 16.5. The van der Waals surface area contributed by atoms with Crippen LogP contribution in [-0.2, 0) is 11.3 Å². The van der Waals surface area contributed by atoms with Gasteiger partial charge in [0.15, 0.2) is 0 Å². The van der Waals surface area contributed by atoms with E-state index < -0.39 is 0 Å². The van der Waals surface area contributed by atoms with E-state index in [1.165, 1.54) is 31.5 Å². The molecule has 1 N–H and O–H groups in total. The second-order valence-electron chi connectivity index (χ2n) is 6.29. The summed E-state index contributed by atoms with van der Waals surface area (Å²) >= 11 is 0. The lowest BCUT2D eigenvalue weighted by atomic mass is 10.0. The molecule has 1 aliphatic rings. The molecule has 118 valence electrons. The highest BCUT2D eigenvalue weighted by Gasteiger charge is 2.19. The third-order valence-corrected chi connectivity index (χ3v) is 3.96. The van der Waals surface area contributed by atoms with Gasteiger partial charge in [-0.15, -0.1) is 0 Å². The number of hydrogen-bond donors (Lipinski definition) is 1. The molecule has 3 nitrogen and oxygen atoms in total. The molecule has 0 spiro atoms. The zero-order chi connectivity index (χ0) is 14.9. The molecule has 0 aromatic heterocycles.